The summed E-state index contributed by atoms with van der Waals surface area (Å²) in [5.41, 5.74) is 10.9. The molecule has 1 aliphatic rings. The lowest BCUT2D eigenvalue weighted by Crippen LogP contribution is -2.31. The van der Waals surface area contributed by atoms with E-state index >= 15 is 0 Å². The number of carbonyl (C=O) groups excluding carboxylic acids is 3. The zero-order valence-electron chi connectivity index (χ0n) is 13.0. The SMILES string of the molecule is NC(=O)c1ncn(CCC(=O)NCCCN2CCCC2=O)c1N. The van der Waals surface area contributed by atoms with E-state index in [1.165, 1.54) is 10.9 Å². The molecule has 0 aromatic carbocycles. The Morgan fingerprint density at radius 2 is 2.13 bits per heavy atom. The number of hydrogen-bond donors (Lipinski definition) is 3. The highest BCUT2D eigenvalue weighted by molar-refractivity contribution is 5.95. The number of nitrogen functional groups attached to an aromatic ring is 1. The van der Waals surface area contributed by atoms with Crippen molar-refractivity contribution in [3.8, 4) is 0 Å². The Balaban J connectivity index is 1.65. The molecule has 3 amide bonds. The standard InChI is InChI=1S/C14H22N6O3/c15-13-12(14(16)23)18-9-20(13)8-4-10(21)17-5-2-7-19-6-1-3-11(19)22/h9H,1-8,15H2,(H2,16,23)(H,17,21). The summed E-state index contributed by atoms with van der Waals surface area (Å²) in [6, 6.07) is 0. The summed E-state index contributed by atoms with van der Waals surface area (Å²) in [5, 5.41) is 2.80. The maximum Gasteiger partial charge on any atom is 0.271 e. The quantitative estimate of drug-likeness (QED) is 0.532. The van der Waals surface area contributed by atoms with Gasteiger partial charge in [-0.25, -0.2) is 4.98 Å². The van der Waals surface area contributed by atoms with Crippen molar-refractivity contribution in [2.45, 2.75) is 32.2 Å². The molecule has 5 N–H and O–H groups in total. The number of imidazole rings is 1. The summed E-state index contributed by atoms with van der Waals surface area (Å²) >= 11 is 0. The fourth-order valence-electron chi connectivity index (χ4n) is 2.51. The molecule has 2 rings (SSSR count). The molecule has 1 saturated heterocycles. The van der Waals surface area contributed by atoms with Gasteiger partial charge in [-0.15, -0.1) is 0 Å². The van der Waals surface area contributed by atoms with E-state index in [9.17, 15) is 14.4 Å². The van der Waals surface area contributed by atoms with E-state index in [1.54, 1.807) is 0 Å². The van der Waals surface area contributed by atoms with Gasteiger partial charge in [0.2, 0.25) is 11.8 Å². The smallest absolute Gasteiger partial charge is 0.271 e. The predicted molar refractivity (Wildman–Crippen MR) is 83.2 cm³/mol. The number of hydrogen-bond acceptors (Lipinski definition) is 5. The Morgan fingerprint density at radius 1 is 1.35 bits per heavy atom. The molecular weight excluding hydrogens is 300 g/mol. The van der Waals surface area contributed by atoms with Gasteiger partial charge in [0.05, 0.1) is 6.33 Å². The Bertz CT molecular complexity index is 597. The van der Waals surface area contributed by atoms with E-state index in [4.69, 9.17) is 11.5 Å². The molecule has 1 aliphatic heterocycles. The van der Waals surface area contributed by atoms with E-state index in [0.717, 1.165) is 19.4 Å². The second kappa shape index (κ2) is 7.61. The third kappa shape index (κ3) is 4.44. The van der Waals surface area contributed by atoms with Crippen molar-refractivity contribution in [3.63, 3.8) is 0 Å². The molecule has 0 atom stereocenters. The molecule has 2 heterocycles. The molecule has 1 aromatic heterocycles. The van der Waals surface area contributed by atoms with Gasteiger partial charge in [0.25, 0.3) is 5.91 Å². The van der Waals surface area contributed by atoms with Gasteiger partial charge in [-0.05, 0) is 12.8 Å². The summed E-state index contributed by atoms with van der Waals surface area (Å²) in [6.45, 7) is 2.33. The van der Waals surface area contributed by atoms with E-state index in [1.807, 2.05) is 4.90 Å². The molecule has 0 saturated carbocycles. The molecule has 1 fully saturated rings. The van der Waals surface area contributed by atoms with E-state index in [-0.39, 0.29) is 29.7 Å². The summed E-state index contributed by atoms with van der Waals surface area (Å²) < 4.78 is 1.52. The Morgan fingerprint density at radius 3 is 2.74 bits per heavy atom. The first-order valence-corrected chi connectivity index (χ1v) is 7.64. The first-order chi connectivity index (χ1) is 11.0. The van der Waals surface area contributed by atoms with Crippen LogP contribution in [0.5, 0.6) is 0 Å². The highest BCUT2D eigenvalue weighted by atomic mass is 16.2. The number of nitrogens with two attached hydrogens (primary N) is 2. The first-order valence-electron chi connectivity index (χ1n) is 7.64. The molecule has 126 valence electrons. The van der Waals surface area contributed by atoms with Crippen LogP contribution in [0.25, 0.3) is 0 Å². The van der Waals surface area contributed by atoms with Gasteiger partial charge in [0.15, 0.2) is 5.69 Å². The minimum absolute atomic E-state index is 0.0145. The summed E-state index contributed by atoms with van der Waals surface area (Å²) in [5.74, 6) is -0.455. The molecule has 0 spiro atoms. The number of amides is 3. The van der Waals surface area contributed by atoms with Crippen LogP contribution in [0.2, 0.25) is 0 Å². The highest BCUT2D eigenvalue weighted by Gasteiger charge is 2.19. The van der Waals surface area contributed by atoms with Crippen molar-refractivity contribution >= 4 is 23.5 Å². The molecule has 23 heavy (non-hydrogen) atoms. The Labute approximate surface area is 134 Å². The molecule has 1 aromatic rings. The molecule has 9 heteroatoms. The number of anilines is 1. The third-order valence-electron chi connectivity index (χ3n) is 3.79. The van der Waals surface area contributed by atoms with E-state index in [0.29, 0.717) is 26.1 Å². The van der Waals surface area contributed by atoms with Crippen molar-refractivity contribution < 1.29 is 14.4 Å². The molecular formula is C14H22N6O3. The van der Waals surface area contributed by atoms with Crippen LogP contribution in [0.3, 0.4) is 0 Å². The Hall–Kier alpha value is -2.58. The van der Waals surface area contributed by atoms with Gasteiger partial charge in [-0.1, -0.05) is 0 Å². The van der Waals surface area contributed by atoms with Crippen LogP contribution in [-0.2, 0) is 16.1 Å². The van der Waals surface area contributed by atoms with Gasteiger partial charge >= 0.3 is 0 Å². The number of aromatic nitrogens is 2. The number of nitrogens with zero attached hydrogens (tertiary/aromatic N) is 3. The van der Waals surface area contributed by atoms with Crippen LogP contribution in [0.4, 0.5) is 5.82 Å². The van der Waals surface area contributed by atoms with Crippen molar-refractivity contribution in [2.75, 3.05) is 25.4 Å². The van der Waals surface area contributed by atoms with Crippen molar-refractivity contribution in [1.29, 1.82) is 0 Å². The molecule has 9 nitrogen and oxygen atoms in total. The monoisotopic (exact) mass is 322 g/mol. The topological polar surface area (TPSA) is 136 Å². The van der Waals surface area contributed by atoms with Crippen LogP contribution >= 0.6 is 0 Å². The molecule has 0 bridgehead atoms. The fraction of sp³-hybridized carbons (Fsp3) is 0.571. The van der Waals surface area contributed by atoms with Gasteiger partial charge in [-0.3, -0.25) is 14.4 Å². The van der Waals surface area contributed by atoms with Crippen LogP contribution < -0.4 is 16.8 Å². The normalized spacial score (nSPS) is 14.3. The van der Waals surface area contributed by atoms with Crippen molar-refractivity contribution in [1.82, 2.24) is 19.8 Å². The Kier molecular flexibility index (Phi) is 5.56. The summed E-state index contributed by atoms with van der Waals surface area (Å²) in [7, 11) is 0. The number of carbonyl (C=O) groups is 3. The van der Waals surface area contributed by atoms with Crippen LogP contribution in [0, 0.1) is 0 Å². The lowest BCUT2D eigenvalue weighted by atomic mass is 10.3. The largest absolute Gasteiger partial charge is 0.383 e. The average molecular weight is 322 g/mol. The fourth-order valence-corrected chi connectivity index (χ4v) is 2.51. The number of aryl methyl sites for hydroxylation is 1. The van der Waals surface area contributed by atoms with Crippen LogP contribution in [0.15, 0.2) is 6.33 Å². The number of nitrogens with one attached hydrogen (secondary N) is 1. The van der Waals surface area contributed by atoms with Crippen LogP contribution in [0.1, 0.15) is 36.2 Å². The average Bonchev–Trinajstić information content (AvgIpc) is 3.07. The zero-order chi connectivity index (χ0) is 16.8. The minimum Gasteiger partial charge on any atom is -0.383 e. The maximum atomic E-state index is 11.8. The van der Waals surface area contributed by atoms with Crippen molar-refractivity contribution in [3.05, 3.63) is 12.0 Å². The lowest BCUT2D eigenvalue weighted by Gasteiger charge is -2.15. The highest BCUT2D eigenvalue weighted by Crippen LogP contribution is 2.10. The van der Waals surface area contributed by atoms with Crippen molar-refractivity contribution in [2.24, 2.45) is 5.73 Å². The first kappa shape index (κ1) is 16.8. The van der Waals surface area contributed by atoms with Gasteiger partial charge < -0.3 is 26.3 Å². The lowest BCUT2D eigenvalue weighted by molar-refractivity contribution is -0.127. The molecule has 0 aliphatic carbocycles. The number of likely N-dealkylation sites (tertiary alicyclic amines) is 1. The number of rotatable bonds is 8. The summed E-state index contributed by atoms with van der Waals surface area (Å²) in [6.07, 6.45) is 3.90. The number of primary amides is 1. The third-order valence-corrected chi connectivity index (χ3v) is 3.79. The second-order valence-electron chi connectivity index (χ2n) is 5.47. The zero-order valence-corrected chi connectivity index (χ0v) is 13.0. The predicted octanol–water partition coefficient (Wildman–Crippen LogP) is -0.917. The van der Waals surface area contributed by atoms with Gasteiger partial charge in [0.1, 0.15) is 5.82 Å². The summed E-state index contributed by atoms with van der Waals surface area (Å²) in [4.78, 5) is 39.9. The molecule has 0 unspecified atom stereocenters. The second-order valence-corrected chi connectivity index (χ2v) is 5.47. The van der Waals surface area contributed by atoms with E-state index < -0.39 is 5.91 Å². The van der Waals surface area contributed by atoms with E-state index in [2.05, 4.69) is 10.3 Å². The van der Waals surface area contributed by atoms with Gasteiger partial charge in [-0.2, -0.15) is 0 Å². The van der Waals surface area contributed by atoms with Gasteiger partial charge in [0, 0.05) is 39.0 Å². The molecule has 0 radical (unpaired) electrons. The maximum absolute atomic E-state index is 11.8. The van der Waals surface area contributed by atoms with Crippen LogP contribution in [-0.4, -0.2) is 51.8 Å². The minimum atomic E-state index is -0.692.